The number of hydrogen-bond donors (Lipinski definition) is 0. The standard InChI is InChI=1S/C21H24N4O3/c26-21(16-11-15-3-1-2-4-19(15)28-13-16)25-6-5-17-18(12-25)22-14-23-20(17)24-7-9-27-10-8-24/h1-4,14,16H,5-13H2. The molecule has 7 nitrogen and oxygen atoms in total. The van der Waals surface area contributed by atoms with Gasteiger partial charge in [-0.15, -0.1) is 0 Å². The molecule has 0 N–H and O–H groups in total. The highest BCUT2D eigenvalue weighted by Crippen LogP contribution is 2.30. The summed E-state index contributed by atoms with van der Waals surface area (Å²) in [5, 5.41) is 0. The molecule has 5 rings (SSSR count). The Hall–Kier alpha value is -2.67. The van der Waals surface area contributed by atoms with E-state index in [2.05, 4.69) is 14.9 Å². The maximum atomic E-state index is 13.1. The average Bonchev–Trinajstić information content (AvgIpc) is 2.78. The van der Waals surface area contributed by atoms with E-state index in [1.807, 2.05) is 29.2 Å². The number of amides is 1. The van der Waals surface area contributed by atoms with E-state index in [-0.39, 0.29) is 11.8 Å². The Labute approximate surface area is 164 Å². The Kier molecular flexibility index (Phi) is 4.60. The zero-order valence-electron chi connectivity index (χ0n) is 15.8. The fourth-order valence-electron chi connectivity index (χ4n) is 4.32. The van der Waals surface area contributed by atoms with Crippen LogP contribution in [0.4, 0.5) is 5.82 Å². The summed E-state index contributed by atoms with van der Waals surface area (Å²) >= 11 is 0. The summed E-state index contributed by atoms with van der Waals surface area (Å²) in [5.74, 6) is 1.94. The van der Waals surface area contributed by atoms with Gasteiger partial charge in [0.15, 0.2) is 0 Å². The van der Waals surface area contributed by atoms with Gasteiger partial charge in [-0.2, -0.15) is 0 Å². The third-order valence-corrected chi connectivity index (χ3v) is 5.83. The molecule has 4 heterocycles. The predicted octanol–water partition coefficient (Wildman–Crippen LogP) is 1.45. The maximum Gasteiger partial charge on any atom is 0.229 e. The first-order valence-corrected chi connectivity index (χ1v) is 9.94. The first kappa shape index (κ1) is 17.4. The predicted molar refractivity (Wildman–Crippen MR) is 103 cm³/mol. The molecule has 3 aliphatic heterocycles. The van der Waals surface area contributed by atoms with E-state index in [1.54, 1.807) is 6.33 Å². The summed E-state index contributed by atoms with van der Waals surface area (Å²) in [6, 6.07) is 7.98. The summed E-state index contributed by atoms with van der Waals surface area (Å²) in [4.78, 5) is 26.4. The Bertz CT molecular complexity index is 882. The van der Waals surface area contributed by atoms with Crippen LogP contribution in [0, 0.1) is 5.92 Å². The molecule has 0 saturated carbocycles. The van der Waals surface area contributed by atoms with Crippen LogP contribution in [0.1, 0.15) is 16.8 Å². The van der Waals surface area contributed by atoms with Crippen molar-refractivity contribution in [2.75, 3.05) is 44.4 Å². The van der Waals surface area contributed by atoms with Crippen LogP contribution in [0.5, 0.6) is 5.75 Å². The van der Waals surface area contributed by atoms with Crippen LogP contribution in [0.2, 0.25) is 0 Å². The molecule has 1 unspecified atom stereocenters. The number of anilines is 1. The molecule has 0 spiro atoms. The summed E-state index contributed by atoms with van der Waals surface area (Å²) in [7, 11) is 0. The molecule has 1 aromatic carbocycles. The molecule has 2 aromatic rings. The van der Waals surface area contributed by atoms with Gasteiger partial charge in [0.1, 0.15) is 24.5 Å². The van der Waals surface area contributed by atoms with Gasteiger partial charge in [-0.3, -0.25) is 4.79 Å². The second kappa shape index (κ2) is 7.39. The van der Waals surface area contributed by atoms with Crippen molar-refractivity contribution < 1.29 is 14.3 Å². The number of fused-ring (bicyclic) bond motifs is 2. The third-order valence-electron chi connectivity index (χ3n) is 5.83. The number of carbonyl (C=O) groups is 1. The molecule has 0 radical (unpaired) electrons. The minimum absolute atomic E-state index is 0.128. The highest BCUT2D eigenvalue weighted by atomic mass is 16.5. The first-order valence-electron chi connectivity index (χ1n) is 9.94. The van der Waals surface area contributed by atoms with E-state index in [1.165, 1.54) is 5.56 Å². The minimum atomic E-state index is -0.128. The fraction of sp³-hybridized carbons (Fsp3) is 0.476. The number of hydrogen-bond acceptors (Lipinski definition) is 6. The second-order valence-corrected chi connectivity index (χ2v) is 7.55. The number of ether oxygens (including phenoxy) is 2. The van der Waals surface area contributed by atoms with Crippen molar-refractivity contribution in [3.8, 4) is 5.75 Å². The van der Waals surface area contributed by atoms with Gasteiger partial charge in [-0.1, -0.05) is 18.2 Å². The number of benzene rings is 1. The van der Waals surface area contributed by atoms with Crippen molar-refractivity contribution in [2.45, 2.75) is 19.4 Å². The molecule has 1 atom stereocenters. The molecule has 0 aliphatic carbocycles. The summed E-state index contributed by atoms with van der Waals surface area (Å²) in [6.07, 6.45) is 3.15. The number of nitrogens with zero attached hydrogens (tertiary/aromatic N) is 4. The van der Waals surface area contributed by atoms with Crippen LogP contribution in [0.15, 0.2) is 30.6 Å². The monoisotopic (exact) mass is 380 g/mol. The topological polar surface area (TPSA) is 67.8 Å². The second-order valence-electron chi connectivity index (χ2n) is 7.55. The van der Waals surface area contributed by atoms with Crippen molar-refractivity contribution in [2.24, 2.45) is 5.92 Å². The molecule has 146 valence electrons. The quantitative estimate of drug-likeness (QED) is 0.786. The Morgan fingerprint density at radius 2 is 1.96 bits per heavy atom. The maximum absolute atomic E-state index is 13.1. The van der Waals surface area contributed by atoms with Crippen LogP contribution >= 0.6 is 0 Å². The molecule has 1 fully saturated rings. The van der Waals surface area contributed by atoms with Crippen molar-refractivity contribution in [3.63, 3.8) is 0 Å². The van der Waals surface area contributed by atoms with E-state index in [4.69, 9.17) is 9.47 Å². The van der Waals surface area contributed by atoms with Crippen molar-refractivity contribution in [3.05, 3.63) is 47.4 Å². The SMILES string of the molecule is O=C(C1COc2ccccc2C1)N1CCc2c(ncnc2N2CCOCC2)C1. The molecule has 28 heavy (non-hydrogen) atoms. The van der Waals surface area contributed by atoms with Crippen molar-refractivity contribution >= 4 is 11.7 Å². The zero-order chi connectivity index (χ0) is 18.9. The minimum Gasteiger partial charge on any atom is -0.492 e. The lowest BCUT2D eigenvalue weighted by Gasteiger charge is -2.35. The van der Waals surface area contributed by atoms with Gasteiger partial charge >= 0.3 is 0 Å². The number of carbonyl (C=O) groups excluding carboxylic acids is 1. The number of morpholine rings is 1. The van der Waals surface area contributed by atoms with E-state index in [0.29, 0.717) is 19.7 Å². The summed E-state index contributed by atoms with van der Waals surface area (Å²) in [5.41, 5.74) is 3.26. The normalized spacial score (nSPS) is 21.5. The van der Waals surface area contributed by atoms with Crippen LogP contribution < -0.4 is 9.64 Å². The fourth-order valence-corrected chi connectivity index (χ4v) is 4.32. The van der Waals surface area contributed by atoms with Gasteiger partial charge in [0.2, 0.25) is 5.91 Å². The first-order chi connectivity index (χ1) is 13.8. The van der Waals surface area contributed by atoms with Crippen LogP contribution in [-0.4, -0.2) is 60.2 Å². The van der Waals surface area contributed by atoms with Gasteiger partial charge in [-0.05, 0) is 24.5 Å². The molecule has 0 bridgehead atoms. The van der Waals surface area contributed by atoms with Gasteiger partial charge < -0.3 is 19.3 Å². The molecule has 1 aromatic heterocycles. The zero-order valence-corrected chi connectivity index (χ0v) is 15.8. The molecular weight excluding hydrogens is 356 g/mol. The van der Waals surface area contributed by atoms with E-state index in [0.717, 1.165) is 62.0 Å². The summed E-state index contributed by atoms with van der Waals surface area (Å²) < 4.78 is 11.3. The third kappa shape index (κ3) is 3.20. The van der Waals surface area contributed by atoms with Crippen molar-refractivity contribution in [1.82, 2.24) is 14.9 Å². The average molecular weight is 380 g/mol. The molecule has 7 heteroatoms. The van der Waals surface area contributed by atoms with E-state index >= 15 is 0 Å². The Balaban J connectivity index is 1.31. The highest BCUT2D eigenvalue weighted by molar-refractivity contribution is 5.80. The van der Waals surface area contributed by atoms with Crippen LogP contribution in [0.3, 0.4) is 0 Å². The smallest absolute Gasteiger partial charge is 0.229 e. The lowest BCUT2D eigenvalue weighted by atomic mass is 9.94. The van der Waals surface area contributed by atoms with Gasteiger partial charge in [-0.25, -0.2) is 9.97 Å². The van der Waals surface area contributed by atoms with Crippen LogP contribution in [0.25, 0.3) is 0 Å². The number of para-hydroxylation sites is 1. The largest absolute Gasteiger partial charge is 0.492 e. The Morgan fingerprint density at radius 3 is 2.86 bits per heavy atom. The van der Waals surface area contributed by atoms with Gasteiger partial charge in [0.05, 0.1) is 31.4 Å². The van der Waals surface area contributed by atoms with Gasteiger partial charge in [0.25, 0.3) is 0 Å². The molecular formula is C21H24N4O3. The summed E-state index contributed by atoms with van der Waals surface area (Å²) in [6.45, 7) is 4.86. The lowest BCUT2D eigenvalue weighted by molar-refractivity contribution is -0.138. The Morgan fingerprint density at radius 1 is 1.11 bits per heavy atom. The van der Waals surface area contributed by atoms with E-state index in [9.17, 15) is 4.79 Å². The molecule has 3 aliphatic rings. The lowest BCUT2D eigenvalue weighted by Crippen LogP contribution is -2.44. The molecule has 1 saturated heterocycles. The number of aromatic nitrogens is 2. The highest BCUT2D eigenvalue weighted by Gasteiger charge is 2.33. The van der Waals surface area contributed by atoms with Crippen molar-refractivity contribution in [1.29, 1.82) is 0 Å². The van der Waals surface area contributed by atoms with E-state index < -0.39 is 0 Å². The number of rotatable bonds is 2. The molecule has 1 amide bonds. The van der Waals surface area contributed by atoms with Gasteiger partial charge in [0, 0.05) is 25.2 Å². The van der Waals surface area contributed by atoms with Crippen LogP contribution in [-0.2, 0) is 28.9 Å².